The molecule has 2 rings (SSSR count). The minimum atomic E-state index is -0.958. The lowest BCUT2D eigenvalue weighted by atomic mass is 9.92. The highest BCUT2D eigenvalue weighted by atomic mass is 16.4. The van der Waals surface area contributed by atoms with Crippen LogP contribution in [0.15, 0.2) is 30.3 Å². The maximum absolute atomic E-state index is 12.7. The number of hydrogen-bond acceptors (Lipinski definition) is 3. The number of carbonyl (C=O) groups excluding carboxylic acids is 2. The lowest BCUT2D eigenvalue weighted by molar-refractivity contribution is -0.142. The van der Waals surface area contributed by atoms with Gasteiger partial charge in [0.25, 0.3) is 0 Å². The molecule has 1 aliphatic rings. The van der Waals surface area contributed by atoms with Crippen LogP contribution in [0, 0.1) is 11.8 Å². The molecule has 1 saturated heterocycles. The van der Waals surface area contributed by atoms with Crippen molar-refractivity contribution in [1.82, 2.24) is 10.2 Å². The number of amides is 2. The van der Waals surface area contributed by atoms with Gasteiger partial charge >= 0.3 is 5.97 Å². The molecule has 0 bridgehead atoms. The number of aliphatic carboxylic acids is 1. The van der Waals surface area contributed by atoms with Gasteiger partial charge in [-0.15, -0.1) is 0 Å². The number of rotatable bonds is 6. The average molecular weight is 346 g/mol. The van der Waals surface area contributed by atoms with Crippen molar-refractivity contribution in [3.63, 3.8) is 0 Å². The number of piperidine rings is 1. The fourth-order valence-electron chi connectivity index (χ4n) is 3.21. The molecule has 25 heavy (non-hydrogen) atoms. The molecule has 0 aromatic heterocycles. The maximum Gasteiger partial charge on any atom is 0.308 e. The molecular formula is C19H26N2O4. The van der Waals surface area contributed by atoms with E-state index >= 15 is 0 Å². The van der Waals surface area contributed by atoms with Gasteiger partial charge in [0.15, 0.2) is 0 Å². The van der Waals surface area contributed by atoms with Crippen LogP contribution in [0.5, 0.6) is 0 Å². The van der Waals surface area contributed by atoms with Crippen LogP contribution in [-0.2, 0) is 14.4 Å². The molecule has 1 aromatic carbocycles. The molecule has 2 amide bonds. The van der Waals surface area contributed by atoms with Crippen LogP contribution in [0.3, 0.4) is 0 Å². The Hall–Kier alpha value is -2.37. The van der Waals surface area contributed by atoms with E-state index in [0.29, 0.717) is 25.9 Å². The molecule has 1 fully saturated rings. The number of nitrogens with one attached hydrogen (secondary N) is 1. The number of carboxylic acids is 1. The van der Waals surface area contributed by atoms with Crippen LogP contribution < -0.4 is 5.32 Å². The number of nitrogens with zero attached hydrogens (tertiary/aromatic N) is 1. The predicted molar refractivity (Wildman–Crippen MR) is 93.7 cm³/mol. The largest absolute Gasteiger partial charge is 0.481 e. The zero-order valence-electron chi connectivity index (χ0n) is 14.8. The Morgan fingerprint density at radius 1 is 1.28 bits per heavy atom. The fourth-order valence-corrected chi connectivity index (χ4v) is 3.21. The Kier molecular flexibility index (Phi) is 6.56. The summed E-state index contributed by atoms with van der Waals surface area (Å²) in [5, 5.41) is 12.3. The molecule has 0 saturated carbocycles. The first-order valence-corrected chi connectivity index (χ1v) is 8.80. The molecule has 1 aliphatic heterocycles. The first-order chi connectivity index (χ1) is 11.9. The first kappa shape index (κ1) is 19.0. The monoisotopic (exact) mass is 346 g/mol. The zero-order valence-corrected chi connectivity index (χ0v) is 14.8. The standard InChI is InChI=1S/C19H26N2O4/c1-3-16(22)21-11-7-10-15(12-21)18(23)20-17(13(2)19(24)25)14-8-5-4-6-9-14/h4-6,8-9,13,15,17H,3,7,10-12H2,1-2H3,(H,20,23)(H,24,25)/t13-,15-,17-/m0/s1. The Labute approximate surface area is 148 Å². The van der Waals surface area contributed by atoms with E-state index in [1.54, 1.807) is 11.8 Å². The molecule has 0 unspecified atom stereocenters. The highest BCUT2D eigenvalue weighted by Gasteiger charge is 2.32. The van der Waals surface area contributed by atoms with Gasteiger partial charge in [0.2, 0.25) is 11.8 Å². The average Bonchev–Trinajstić information content (AvgIpc) is 2.65. The second-order valence-electron chi connectivity index (χ2n) is 6.56. The molecule has 6 nitrogen and oxygen atoms in total. The molecular weight excluding hydrogens is 320 g/mol. The lowest BCUT2D eigenvalue weighted by Gasteiger charge is -2.33. The highest BCUT2D eigenvalue weighted by molar-refractivity contribution is 5.82. The van der Waals surface area contributed by atoms with E-state index in [0.717, 1.165) is 12.0 Å². The summed E-state index contributed by atoms with van der Waals surface area (Å²) in [5.74, 6) is -2.13. The molecule has 136 valence electrons. The van der Waals surface area contributed by atoms with Gasteiger partial charge in [-0.25, -0.2) is 0 Å². The first-order valence-electron chi connectivity index (χ1n) is 8.80. The van der Waals surface area contributed by atoms with Crippen LogP contribution in [0.1, 0.15) is 44.7 Å². The van der Waals surface area contributed by atoms with Crippen LogP contribution in [0.2, 0.25) is 0 Å². The molecule has 0 aliphatic carbocycles. The van der Waals surface area contributed by atoms with E-state index in [1.807, 2.05) is 37.3 Å². The molecule has 2 N–H and O–H groups in total. The lowest BCUT2D eigenvalue weighted by Crippen LogP contribution is -2.47. The summed E-state index contributed by atoms with van der Waals surface area (Å²) >= 11 is 0. The minimum Gasteiger partial charge on any atom is -0.481 e. The number of carboxylic acid groups (broad SMARTS) is 1. The van der Waals surface area contributed by atoms with Crippen LogP contribution in [0.4, 0.5) is 0 Å². The highest BCUT2D eigenvalue weighted by Crippen LogP contribution is 2.24. The van der Waals surface area contributed by atoms with Gasteiger partial charge < -0.3 is 15.3 Å². The van der Waals surface area contributed by atoms with Gasteiger partial charge in [0.05, 0.1) is 17.9 Å². The maximum atomic E-state index is 12.7. The van der Waals surface area contributed by atoms with Crippen molar-refractivity contribution in [2.45, 2.75) is 39.2 Å². The van der Waals surface area contributed by atoms with Crippen molar-refractivity contribution < 1.29 is 19.5 Å². The summed E-state index contributed by atoms with van der Waals surface area (Å²) in [6, 6.07) is 8.54. The molecule has 3 atom stereocenters. The Morgan fingerprint density at radius 2 is 1.96 bits per heavy atom. The smallest absolute Gasteiger partial charge is 0.308 e. The quantitative estimate of drug-likeness (QED) is 0.827. The second kappa shape index (κ2) is 8.65. The molecule has 1 aromatic rings. The van der Waals surface area contributed by atoms with Gasteiger partial charge in [-0.3, -0.25) is 14.4 Å². The van der Waals surface area contributed by atoms with Crippen molar-refractivity contribution in [2.24, 2.45) is 11.8 Å². The minimum absolute atomic E-state index is 0.0519. The van der Waals surface area contributed by atoms with Gasteiger partial charge in [-0.1, -0.05) is 37.3 Å². The Bertz CT molecular complexity index is 617. The number of hydrogen-bond donors (Lipinski definition) is 2. The Balaban J connectivity index is 2.11. The van der Waals surface area contributed by atoms with Crippen LogP contribution in [-0.4, -0.2) is 40.9 Å². The van der Waals surface area contributed by atoms with Gasteiger partial charge in [0.1, 0.15) is 0 Å². The van der Waals surface area contributed by atoms with Gasteiger partial charge in [-0.05, 0) is 25.3 Å². The van der Waals surface area contributed by atoms with Gasteiger partial charge in [0, 0.05) is 19.5 Å². The molecule has 1 heterocycles. The molecule has 6 heteroatoms. The predicted octanol–water partition coefficient (Wildman–Crippen LogP) is 2.21. The van der Waals surface area contributed by atoms with E-state index in [1.165, 1.54) is 0 Å². The third-order valence-corrected chi connectivity index (χ3v) is 4.79. The van der Waals surface area contributed by atoms with Crippen molar-refractivity contribution in [2.75, 3.05) is 13.1 Å². The zero-order chi connectivity index (χ0) is 18.4. The van der Waals surface area contributed by atoms with Crippen molar-refractivity contribution in [1.29, 1.82) is 0 Å². The number of benzene rings is 1. The van der Waals surface area contributed by atoms with Crippen LogP contribution >= 0.6 is 0 Å². The SMILES string of the molecule is CCC(=O)N1CCC[C@H](C(=O)N[C@H](c2ccccc2)[C@H](C)C(=O)O)C1. The topological polar surface area (TPSA) is 86.7 Å². The Morgan fingerprint density at radius 3 is 2.56 bits per heavy atom. The number of carbonyl (C=O) groups is 3. The second-order valence-corrected chi connectivity index (χ2v) is 6.56. The third-order valence-electron chi connectivity index (χ3n) is 4.79. The van der Waals surface area contributed by atoms with E-state index in [-0.39, 0.29) is 17.7 Å². The molecule has 0 radical (unpaired) electrons. The summed E-state index contributed by atoms with van der Waals surface area (Å²) < 4.78 is 0. The number of likely N-dealkylation sites (tertiary alicyclic amines) is 1. The summed E-state index contributed by atoms with van der Waals surface area (Å²) in [6.45, 7) is 4.49. The van der Waals surface area contributed by atoms with E-state index in [9.17, 15) is 19.5 Å². The summed E-state index contributed by atoms with van der Waals surface area (Å²) in [4.78, 5) is 37.8. The van der Waals surface area contributed by atoms with E-state index in [4.69, 9.17) is 0 Å². The summed E-state index contributed by atoms with van der Waals surface area (Å²) in [5.41, 5.74) is 0.767. The summed E-state index contributed by atoms with van der Waals surface area (Å²) in [6.07, 6.45) is 1.92. The van der Waals surface area contributed by atoms with Crippen molar-refractivity contribution in [3.05, 3.63) is 35.9 Å². The molecule has 0 spiro atoms. The normalized spacial score (nSPS) is 19.8. The fraction of sp³-hybridized carbons (Fsp3) is 0.526. The van der Waals surface area contributed by atoms with Crippen molar-refractivity contribution in [3.8, 4) is 0 Å². The van der Waals surface area contributed by atoms with Gasteiger partial charge in [-0.2, -0.15) is 0 Å². The van der Waals surface area contributed by atoms with E-state index in [2.05, 4.69) is 5.32 Å². The third kappa shape index (κ3) is 4.81. The summed E-state index contributed by atoms with van der Waals surface area (Å²) in [7, 11) is 0. The van der Waals surface area contributed by atoms with Crippen molar-refractivity contribution >= 4 is 17.8 Å². The van der Waals surface area contributed by atoms with Crippen LogP contribution in [0.25, 0.3) is 0 Å². The van der Waals surface area contributed by atoms with E-state index < -0.39 is 17.9 Å².